The minimum Gasteiger partial charge on any atom is -0.491 e. The molecule has 1 fully saturated rings. The van der Waals surface area contributed by atoms with E-state index in [1.165, 1.54) is 32.4 Å². The van der Waals surface area contributed by atoms with E-state index in [2.05, 4.69) is 4.90 Å². The van der Waals surface area contributed by atoms with Crippen LogP contribution in [0.2, 0.25) is 5.02 Å². The van der Waals surface area contributed by atoms with Gasteiger partial charge in [-0.3, -0.25) is 4.90 Å². The van der Waals surface area contributed by atoms with Gasteiger partial charge in [-0.1, -0.05) is 24.1 Å². The molecule has 1 atom stereocenters. The van der Waals surface area contributed by atoms with Gasteiger partial charge < -0.3 is 10.5 Å². The average Bonchev–Trinajstić information content (AvgIpc) is 2.41. The fraction of sp³-hybridized carbons (Fsp3) is 0.600. The van der Waals surface area contributed by atoms with E-state index in [1.54, 1.807) is 0 Å². The SMILES string of the molecule is CC(N)c1ccc(OCCN2CCCCC2)c(Cl)c1. The van der Waals surface area contributed by atoms with Crippen LogP contribution in [0.4, 0.5) is 0 Å². The maximum absolute atomic E-state index is 6.20. The van der Waals surface area contributed by atoms with Gasteiger partial charge in [-0.25, -0.2) is 0 Å². The first kappa shape index (κ1) is 14.6. The molecule has 2 N–H and O–H groups in total. The largest absolute Gasteiger partial charge is 0.491 e. The van der Waals surface area contributed by atoms with E-state index in [1.807, 2.05) is 25.1 Å². The number of likely N-dealkylation sites (tertiary alicyclic amines) is 1. The van der Waals surface area contributed by atoms with E-state index in [9.17, 15) is 0 Å². The second-order valence-electron chi connectivity index (χ2n) is 5.23. The summed E-state index contributed by atoms with van der Waals surface area (Å²) in [7, 11) is 0. The van der Waals surface area contributed by atoms with Crippen LogP contribution in [0, 0.1) is 0 Å². The highest BCUT2D eigenvalue weighted by Crippen LogP contribution is 2.27. The monoisotopic (exact) mass is 282 g/mol. The van der Waals surface area contributed by atoms with Gasteiger partial charge in [0.15, 0.2) is 0 Å². The van der Waals surface area contributed by atoms with Crippen LogP contribution in [0.15, 0.2) is 18.2 Å². The van der Waals surface area contributed by atoms with Crippen LogP contribution < -0.4 is 10.5 Å². The summed E-state index contributed by atoms with van der Waals surface area (Å²) in [5.74, 6) is 0.753. The number of halogens is 1. The predicted molar refractivity (Wildman–Crippen MR) is 79.8 cm³/mol. The van der Waals surface area contributed by atoms with E-state index in [-0.39, 0.29) is 6.04 Å². The maximum Gasteiger partial charge on any atom is 0.137 e. The molecule has 0 bridgehead atoms. The lowest BCUT2D eigenvalue weighted by atomic mass is 10.1. The summed E-state index contributed by atoms with van der Waals surface area (Å²) in [4.78, 5) is 2.45. The van der Waals surface area contributed by atoms with Gasteiger partial charge in [-0.2, -0.15) is 0 Å². The molecule has 3 nitrogen and oxygen atoms in total. The second-order valence-corrected chi connectivity index (χ2v) is 5.64. The van der Waals surface area contributed by atoms with Crippen molar-refractivity contribution in [2.45, 2.75) is 32.2 Å². The maximum atomic E-state index is 6.20. The van der Waals surface area contributed by atoms with Crippen LogP contribution >= 0.6 is 11.6 Å². The third-order valence-electron chi connectivity index (χ3n) is 3.60. The Morgan fingerprint density at radius 3 is 2.68 bits per heavy atom. The summed E-state index contributed by atoms with van der Waals surface area (Å²) in [6, 6.07) is 5.78. The molecule has 1 saturated heterocycles. The van der Waals surface area contributed by atoms with Crippen molar-refractivity contribution >= 4 is 11.6 Å². The van der Waals surface area contributed by atoms with Gasteiger partial charge in [0.1, 0.15) is 12.4 Å². The molecule has 1 aromatic rings. The summed E-state index contributed by atoms with van der Waals surface area (Å²) < 4.78 is 5.76. The van der Waals surface area contributed by atoms with E-state index >= 15 is 0 Å². The van der Waals surface area contributed by atoms with Crippen LogP contribution in [0.3, 0.4) is 0 Å². The molecule has 1 unspecified atom stereocenters. The quantitative estimate of drug-likeness (QED) is 0.901. The topological polar surface area (TPSA) is 38.5 Å². The predicted octanol–water partition coefficient (Wildman–Crippen LogP) is 3.22. The summed E-state index contributed by atoms with van der Waals surface area (Å²) >= 11 is 6.20. The molecule has 19 heavy (non-hydrogen) atoms. The van der Waals surface area contributed by atoms with E-state index in [0.717, 1.165) is 17.9 Å². The van der Waals surface area contributed by atoms with Crippen molar-refractivity contribution in [3.8, 4) is 5.75 Å². The molecule has 1 aliphatic heterocycles. The van der Waals surface area contributed by atoms with Crippen molar-refractivity contribution in [1.82, 2.24) is 4.90 Å². The molecule has 0 amide bonds. The minimum atomic E-state index is -0.0000927. The van der Waals surface area contributed by atoms with Crippen molar-refractivity contribution in [3.63, 3.8) is 0 Å². The summed E-state index contributed by atoms with van der Waals surface area (Å²) in [6.07, 6.45) is 3.98. The van der Waals surface area contributed by atoms with Crippen molar-refractivity contribution in [2.24, 2.45) is 5.73 Å². The van der Waals surface area contributed by atoms with E-state index < -0.39 is 0 Å². The Hall–Kier alpha value is -0.770. The highest BCUT2D eigenvalue weighted by atomic mass is 35.5. The molecule has 1 aliphatic rings. The Morgan fingerprint density at radius 1 is 1.32 bits per heavy atom. The van der Waals surface area contributed by atoms with Gasteiger partial charge in [0.25, 0.3) is 0 Å². The van der Waals surface area contributed by atoms with E-state index in [4.69, 9.17) is 22.1 Å². The number of piperidine rings is 1. The summed E-state index contributed by atoms with van der Waals surface area (Å²) in [5, 5.41) is 0.647. The van der Waals surface area contributed by atoms with Crippen LogP contribution in [-0.4, -0.2) is 31.1 Å². The highest BCUT2D eigenvalue weighted by molar-refractivity contribution is 6.32. The fourth-order valence-electron chi connectivity index (χ4n) is 2.39. The molecule has 0 radical (unpaired) electrons. The van der Waals surface area contributed by atoms with Gasteiger partial charge in [-0.15, -0.1) is 0 Å². The molecule has 0 aliphatic carbocycles. The molecule has 0 spiro atoms. The Kier molecular flexibility index (Phi) is 5.49. The zero-order valence-corrected chi connectivity index (χ0v) is 12.3. The third-order valence-corrected chi connectivity index (χ3v) is 3.89. The molecule has 106 valence electrons. The highest BCUT2D eigenvalue weighted by Gasteiger charge is 2.10. The first-order chi connectivity index (χ1) is 9.16. The fourth-order valence-corrected chi connectivity index (χ4v) is 2.63. The Morgan fingerprint density at radius 2 is 2.05 bits per heavy atom. The normalized spacial score (nSPS) is 18.3. The molecular formula is C15H23ClN2O. The third kappa shape index (κ3) is 4.37. The molecule has 2 rings (SSSR count). The lowest BCUT2D eigenvalue weighted by Gasteiger charge is -2.26. The van der Waals surface area contributed by atoms with Crippen molar-refractivity contribution < 1.29 is 4.74 Å². The number of benzene rings is 1. The van der Waals surface area contributed by atoms with Gasteiger partial charge in [0.05, 0.1) is 5.02 Å². The zero-order valence-electron chi connectivity index (χ0n) is 11.6. The molecular weight excluding hydrogens is 260 g/mol. The number of nitrogens with zero attached hydrogens (tertiary/aromatic N) is 1. The van der Waals surface area contributed by atoms with Gasteiger partial charge in [-0.05, 0) is 50.6 Å². The Balaban J connectivity index is 1.82. The average molecular weight is 283 g/mol. The van der Waals surface area contributed by atoms with Crippen LogP contribution in [0.25, 0.3) is 0 Å². The molecule has 1 heterocycles. The van der Waals surface area contributed by atoms with Crippen LogP contribution in [-0.2, 0) is 0 Å². The number of ether oxygens (including phenoxy) is 1. The van der Waals surface area contributed by atoms with E-state index in [0.29, 0.717) is 11.6 Å². The first-order valence-corrected chi connectivity index (χ1v) is 7.45. The van der Waals surface area contributed by atoms with Gasteiger partial charge >= 0.3 is 0 Å². The lowest BCUT2D eigenvalue weighted by molar-refractivity contribution is 0.183. The smallest absolute Gasteiger partial charge is 0.137 e. The van der Waals surface area contributed by atoms with Crippen LogP contribution in [0.1, 0.15) is 37.8 Å². The molecule has 0 saturated carbocycles. The number of nitrogens with two attached hydrogens (primary N) is 1. The molecule has 4 heteroatoms. The zero-order chi connectivity index (χ0) is 13.7. The van der Waals surface area contributed by atoms with Crippen molar-refractivity contribution in [1.29, 1.82) is 0 Å². The van der Waals surface area contributed by atoms with Crippen LogP contribution in [0.5, 0.6) is 5.75 Å². The van der Waals surface area contributed by atoms with Crippen molar-refractivity contribution in [3.05, 3.63) is 28.8 Å². The Bertz CT molecular complexity index is 403. The molecule has 0 aromatic heterocycles. The van der Waals surface area contributed by atoms with Crippen molar-refractivity contribution in [2.75, 3.05) is 26.2 Å². The number of hydrogen-bond acceptors (Lipinski definition) is 3. The minimum absolute atomic E-state index is 0.0000927. The lowest BCUT2D eigenvalue weighted by Crippen LogP contribution is -2.33. The Labute approximate surface area is 120 Å². The summed E-state index contributed by atoms with van der Waals surface area (Å²) in [6.45, 7) is 6.01. The number of hydrogen-bond donors (Lipinski definition) is 1. The molecule has 1 aromatic carbocycles. The van der Waals surface area contributed by atoms with Gasteiger partial charge in [0.2, 0.25) is 0 Å². The second kappa shape index (κ2) is 7.13. The first-order valence-electron chi connectivity index (χ1n) is 7.07. The van der Waals surface area contributed by atoms with Gasteiger partial charge in [0, 0.05) is 12.6 Å². The standard InChI is InChI=1S/C15H23ClN2O/c1-12(17)13-5-6-15(14(16)11-13)19-10-9-18-7-3-2-4-8-18/h5-6,11-12H,2-4,7-10,17H2,1H3. The summed E-state index contributed by atoms with van der Waals surface area (Å²) in [5.41, 5.74) is 6.86. The number of rotatable bonds is 5.